The van der Waals surface area contributed by atoms with Crippen molar-refractivity contribution in [3.63, 3.8) is 0 Å². The molecule has 0 radical (unpaired) electrons. The molecule has 1 saturated heterocycles. The van der Waals surface area contributed by atoms with Gasteiger partial charge < -0.3 is 20.1 Å². The molecule has 0 aromatic rings. The van der Waals surface area contributed by atoms with Gasteiger partial charge in [0.1, 0.15) is 6.10 Å². The minimum atomic E-state index is -0.334. The van der Waals surface area contributed by atoms with Crippen molar-refractivity contribution in [2.75, 3.05) is 26.7 Å². The summed E-state index contributed by atoms with van der Waals surface area (Å²) in [4.78, 5) is 12.8. The predicted molar refractivity (Wildman–Crippen MR) is 52.1 cm³/mol. The van der Waals surface area contributed by atoms with Crippen molar-refractivity contribution in [1.82, 2.24) is 10.2 Å². The molecule has 0 aliphatic carbocycles. The van der Waals surface area contributed by atoms with Crippen LogP contribution in [-0.4, -0.2) is 55.0 Å². The van der Waals surface area contributed by atoms with Crippen molar-refractivity contribution in [3.8, 4) is 0 Å². The van der Waals surface area contributed by atoms with Crippen LogP contribution in [0.25, 0.3) is 0 Å². The Bertz CT molecular complexity index is 196. The number of likely N-dealkylation sites (N-methyl/N-ethyl adjacent to an activating group) is 1. The highest BCUT2D eigenvalue weighted by Gasteiger charge is 2.23. The lowest BCUT2D eigenvalue weighted by atomic mass is 10.2. The van der Waals surface area contributed by atoms with Crippen LogP contribution in [0.1, 0.15) is 13.3 Å². The summed E-state index contributed by atoms with van der Waals surface area (Å²) in [5.74, 6) is 0. The van der Waals surface area contributed by atoms with Gasteiger partial charge in [-0.05, 0) is 20.4 Å². The maximum absolute atomic E-state index is 10.7. The molecule has 1 aliphatic rings. The third-order valence-corrected chi connectivity index (χ3v) is 2.19. The van der Waals surface area contributed by atoms with Crippen LogP contribution in [0.4, 0.5) is 4.79 Å². The highest BCUT2D eigenvalue weighted by Crippen LogP contribution is 2.02. The summed E-state index contributed by atoms with van der Waals surface area (Å²) in [6, 6.07) is 0. The Morgan fingerprint density at radius 1 is 1.79 bits per heavy atom. The lowest BCUT2D eigenvalue weighted by Gasteiger charge is -2.19. The third kappa shape index (κ3) is 3.93. The van der Waals surface area contributed by atoms with Crippen molar-refractivity contribution < 1.29 is 14.6 Å². The monoisotopic (exact) mass is 202 g/mol. The summed E-state index contributed by atoms with van der Waals surface area (Å²) >= 11 is 0. The molecule has 5 nitrogen and oxygen atoms in total. The lowest BCUT2D eigenvalue weighted by molar-refractivity contribution is 0.107. The SMILES string of the molecule is CC(O)CCN(C)CC1CNC(=O)O1. The Balaban J connectivity index is 2.13. The van der Waals surface area contributed by atoms with Crippen LogP contribution in [-0.2, 0) is 4.74 Å². The van der Waals surface area contributed by atoms with Gasteiger partial charge in [0, 0.05) is 13.1 Å². The van der Waals surface area contributed by atoms with Crippen LogP contribution in [0.15, 0.2) is 0 Å². The molecule has 1 heterocycles. The number of aliphatic hydroxyl groups excluding tert-OH is 1. The first-order valence-electron chi connectivity index (χ1n) is 4.89. The Morgan fingerprint density at radius 2 is 2.50 bits per heavy atom. The van der Waals surface area contributed by atoms with E-state index in [2.05, 4.69) is 10.2 Å². The maximum Gasteiger partial charge on any atom is 0.407 e. The average Bonchev–Trinajstić information content (AvgIpc) is 2.48. The topological polar surface area (TPSA) is 61.8 Å². The van der Waals surface area contributed by atoms with Crippen LogP contribution in [0.2, 0.25) is 0 Å². The second kappa shape index (κ2) is 5.17. The van der Waals surface area contributed by atoms with E-state index in [0.717, 1.165) is 13.0 Å². The first kappa shape index (κ1) is 11.3. The number of ether oxygens (including phenoxy) is 1. The zero-order valence-corrected chi connectivity index (χ0v) is 8.69. The Hall–Kier alpha value is -0.810. The number of rotatable bonds is 5. The van der Waals surface area contributed by atoms with Crippen LogP contribution in [0.5, 0.6) is 0 Å². The zero-order valence-electron chi connectivity index (χ0n) is 8.69. The molecule has 2 N–H and O–H groups in total. The summed E-state index contributed by atoms with van der Waals surface area (Å²) in [6.45, 7) is 3.88. The van der Waals surface area contributed by atoms with E-state index in [1.165, 1.54) is 0 Å². The molecule has 14 heavy (non-hydrogen) atoms. The summed E-state index contributed by atoms with van der Waals surface area (Å²) in [7, 11) is 1.95. The average molecular weight is 202 g/mol. The van der Waals surface area contributed by atoms with Gasteiger partial charge in [-0.3, -0.25) is 0 Å². The van der Waals surface area contributed by atoms with E-state index >= 15 is 0 Å². The first-order valence-corrected chi connectivity index (χ1v) is 4.89. The van der Waals surface area contributed by atoms with E-state index in [4.69, 9.17) is 9.84 Å². The third-order valence-electron chi connectivity index (χ3n) is 2.19. The summed E-state index contributed by atoms with van der Waals surface area (Å²) < 4.78 is 4.98. The number of alkyl carbamates (subject to hydrolysis) is 1. The molecular weight excluding hydrogens is 184 g/mol. The maximum atomic E-state index is 10.7. The van der Waals surface area contributed by atoms with Crippen LogP contribution in [0.3, 0.4) is 0 Å². The molecule has 82 valence electrons. The minimum Gasteiger partial charge on any atom is -0.443 e. The molecule has 0 spiro atoms. The highest BCUT2D eigenvalue weighted by molar-refractivity contribution is 5.69. The lowest BCUT2D eigenvalue weighted by Crippen LogP contribution is -2.33. The standard InChI is InChI=1S/C9H18N2O3/c1-7(12)3-4-11(2)6-8-5-10-9(13)14-8/h7-8,12H,3-6H2,1-2H3,(H,10,13). The second-order valence-corrected chi connectivity index (χ2v) is 3.81. The van der Waals surface area contributed by atoms with Gasteiger partial charge in [0.05, 0.1) is 12.6 Å². The second-order valence-electron chi connectivity index (χ2n) is 3.81. The summed E-state index contributed by atoms with van der Waals surface area (Å²) in [6.07, 6.45) is 0.0760. The molecule has 0 aromatic heterocycles. The molecule has 2 atom stereocenters. The van der Waals surface area contributed by atoms with Gasteiger partial charge in [-0.25, -0.2) is 4.79 Å². The Kier molecular flexibility index (Phi) is 4.16. The summed E-state index contributed by atoms with van der Waals surface area (Å²) in [5, 5.41) is 11.7. The fourth-order valence-electron chi connectivity index (χ4n) is 1.38. The molecule has 5 heteroatoms. The van der Waals surface area contributed by atoms with Gasteiger partial charge in [0.25, 0.3) is 0 Å². The van der Waals surface area contributed by atoms with Crippen molar-refractivity contribution in [2.24, 2.45) is 0 Å². The van der Waals surface area contributed by atoms with Crippen molar-refractivity contribution >= 4 is 6.09 Å². The van der Waals surface area contributed by atoms with E-state index < -0.39 is 0 Å². The van der Waals surface area contributed by atoms with Crippen molar-refractivity contribution in [2.45, 2.75) is 25.6 Å². The van der Waals surface area contributed by atoms with E-state index in [-0.39, 0.29) is 18.3 Å². The highest BCUT2D eigenvalue weighted by atomic mass is 16.6. The number of aliphatic hydroxyl groups is 1. The molecule has 1 amide bonds. The fourth-order valence-corrected chi connectivity index (χ4v) is 1.38. The molecule has 2 unspecified atom stereocenters. The molecule has 1 rings (SSSR count). The largest absolute Gasteiger partial charge is 0.443 e. The molecule has 1 fully saturated rings. The van der Waals surface area contributed by atoms with E-state index in [1.807, 2.05) is 7.05 Å². The van der Waals surface area contributed by atoms with Crippen LogP contribution < -0.4 is 5.32 Å². The molecule has 1 aliphatic heterocycles. The number of cyclic esters (lactones) is 1. The van der Waals surface area contributed by atoms with Gasteiger partial charge in [-0.15, -0.1) is 0 Å². The molecule has 0 saturated carbocycles. The number of hydrogen-bond donors (Lipinski definition) is 2. The van der Waals surface area contributed by atoms with Gasteiger partial charge >= 0.3 is 6.09 Å². The Labute approximate surface area is 84.0 Å². The number of carbonyl (C=O) groups excluding carboxylic acids is 1. The minimum absolute atomic E-state index is 0.0542. The fraction of sp³-hybridized carbons (Fsp3) is 0.889. The number of nitrogens with zero attached hydrogens (tertiary/aromatic N) is 1. The first-order chi connectivity index (χ1) is 6.58. The van der Waals surface area contributed by atoms with E-state index in [0.29, 0.717) is 13.1 Å². The van der Waals surface area contributed by atoms with Crippen molar-refractivity contribution in [3.05, 3.63) is 0 Å². The molecule has 0 aromatic carbocycles. The predicted octanol–water partition coefficient (Wildman–Crippen LogP) is -0.203. The van der Waals surface area contributed by atoms with Gasteiger partial charge in [-0.1, -0.05) is 0 Å². The summed E-state index contributed by atoms with van der Waals surface area (Å²) in [5.41, 5.74) is 0. The quantitative estimate of drug-likeness (QED) is 0.648. The molecule has 0 bridgehead atoms. The number of hydrogen-bond acceptors (Lipinski definition) is 4. The number of nitrogens with one attached hydrogen (secondary N) is 1. The van der Waals surface area contributed by atoms with E-state index in [9.17, 15) is 4.79 Å². The van der Waals surface area contributed by atoms with Gasteiger partial charge in [0.2, 0.25) is 0 Å². The van der Waals surface area contributed by atoms with Crippen LogP contribution in [0, 0.1) is 0 Å². The van der Waals surface area contributed by atoms with Crippen molar-refractivity contribution in [1.29, 1.82) is 0 Å². The van der Waals surface area contributed by atoms with Gasteiger partial charge in [0.15, 0.2) is 0 Å². The number of carbonyl (C=O) groups is 1. The zero-order chi connectivity index (χ0) is 10.6. The van der Waals surface area contributed by atoms with E-state index in [1.54, 1.807) is 6.92 Å². The number of amides is 1. The normalized spacial score (nSPS) is 23.4. The molecular formula is C9H18N2O3. The van der Waals surface area contributed by atoms with Crippen LogP contribution >= 0.6 is 0 Å². The Morgan fingerprint density at radius 3 is 3.00 bits per heavy atom. The van der Waals surface area contributed by atoms with Gasteiger partial charge in [-0.2, -0.15) is 0 Å². The smallest absolute Gasteiger partial charge is 0.407 e.